The Morgan fingerprint density at radius 1 is 0.542 bits per heavy atom. The van der Waals surface area contributed by atoms with Gasteiger partial charge in [-0.3, -0.25) is 0 Å². The van der Waals surface area contributed by atoms with Crippen molar-refractivity contribution in [2.75, 3.05) is 0 Å². The molecule has 4 nitrogen and oxygen atoms in total. The molecule has 0 spiro atoms. The van der Waals surface area contributed by atoms with Crippen molar-refractivity contribution in [1.29, 1.82) is 0 Å². The maximum absolute atomic E-state index is 9.87. The van der Waals surface area contributed by atoms with Crippen LogP contribution in [0.25, 0.3) is 0 Å². The average Bonchev–Trinajstić information content (AvgIpc) is 2.61. The molecule has 122 valence electrons. The summed E-state index contributed by atoms with van der Waals surface area (Å²) in [5.74, 6) is 0. The van der Waals surface area contributed by atoms with E-state index in [9.17, 15) is 9.55 Å². The van der Waals surface area contributed by atoms with Crippen LogP contribution >= 0.6 is 0 Å². The van der Waals surface area contributed by atoms with Gasteiger partial charge in [0.2, 0.25) is 0 Å². The second-order valence-corrected chi connectivity index (χ2v) is 13.1. The van der Waals surface area contributed by atoms with Crippen LogP contribution in [0, 0.1) is 0 Å². The molecule has 3 aromatic rings. The molecule has 0 bridgehead atoms. The van der Waals surface area contributed by atoms with Crippen molar-refractivity contribution in [3.8, 4) is 0 Å². The van der Waals surface area contributed by atoms with E-state index in [1.54, 1.807) is 0 Å². The quantitative estimate of drug-likeness (QED) is 0.417. The van der Waals surface area contributed by atoms with Crippen LogP contribution in [-0.4, -0.2) is 17.9 Å². The second-order valence-electron chi connectivity index (χ2n) is 5.46. The van der Waals surface area contributed by atoms with Crippen molar-refractivity contribution in [3.05, 3.63) is 91.0 Å². The number of rotatable bonds is 5. The molecule has 0 amide bonds. The van der Waals surface area contributed by atoms with Crippen molar-refractivity contribution in [2.24, 2.45) is 0 Å². The molecule has 3 aromatic carbocycles. The van der Waals surface area contributed by atoms with Crippen LogP contribution in [0.1, 0.15) is 0 Å². The van der Waals surface area contributed by atoms with E-state index in [2.05, 4.69) is 0 Å². The molecule has 0 radical (unpaired) electrons. The van der Waals surface area contributed by atoms with E-state index < -0.39 is 30.3 Å². The van der Waals surface area contributed by atoms with Crippen LogP contribution in [-0.2, 0) is 24.5 Å². The molecule has 0 aliphatic carbocycles. The summed E-state index contributed by atoms with van der Waals surface area (Å²) in [6.45, 7) is 0. The Hall–Kier alpha value is -1.40. The van der Waals surface area contributed by atoms with Crippen LogP contribution in [0.15, 0.2) is 91.0 Å². The zero-order valence-corrected chi connectivity index (χ0v) is 16.4. The Kier molecular flexibility index (Phi) is 5.25. The molecule has 0 aliphatic heterocycles. The van der Waals surface area contributed by atoms with Gasteiger partial charge in [0.25, 0.3) is 0 Å². The van der Waals surface area contributed by atoms with Gasteiger partial charge in [0.1, 0.15) is 0 Å². The molecule has 0 unspecified atom stereocenters. The molecule has 0 atom stereocenters. The molecule has 3 N–H and O–H groups in total. The molecule has 24 heavy (non-hydrogen) atoms. The first kappa shape index (κ1) is 17.4. The van der Waals surface area contributed by atoms with Gasteiger partial charge in [-0.1, -0.05) is 0 Å². The van der Waals surface area contributed by atoms with E-state index in [1.165, 1.54) is 0 Å². The third-order valence-electron chi connectivity index (χ3n) is 3.83. The van der Waals surface area contributed by atoms with Gasteiger partial charge in [-0.15, -0.1) is 0 Å². The van der Waals surface area contributed by atoms with Crippen molar-refractivity contribution >= 4 is 23.9 Å². The van der Waals surface area contributed by atoms with E-state index in [-0.39, 0.29) is 0 Å². The maximum atomic E-state index is 9.87. The Morgan fingerprint density at radius 2 is 0.833 bits per heavy atom. The average molecular weight is 418 g/mol. The molecule has 0 heterocycles. The molecular formula is C18H18O4SiZr. The molecule has 0 aliphatic rings. The van der Waals surface area contributed by atoms with Crippen LogP contribution < -0.4 is 15.6 Å². The summed E-state index contributed by atoms with van der Waals surface area (Å²) in [6.07, 6.45) is 0. The van der Waals surface area contributed by atoms with Gasteiger partial charge in [-0.05, 0) is 0 Å². The standard InChI is InChI=1S/C18H15OSi.3H2O.Zr/c19-20(16-10-4-1-5-11-16,17-12-6-2-7-13-17)18-14-8-3-9-15-18;;;;/h1-15H;3*1H2;/q-1;;;;+4/p-3. The topological polar surface area (TPSA) is 69.9 Å². The van der Waals surface area contributed by atoms with Crippen molar-refractivity contribution in [3.63, 3.8) is 0 Å². The Bertz CT molecular complexity index is 680. The van der Waals surface area contributed by atoms with E-state index in [0.29, 0.717) is 0 Å². The first-order valence-electron chi connectivity index (χ1n) is 7.56. The van der Waals surface area contributed by atoms with E-state index >= 15 is 0 Å². The molecule has 0 saturated heterocycles. The fourth-order valence-corrected chi connectivity index (χ4v) is 12.3. The van der Waals surface area contributed by atoms with Crippen LogP contribution in [0.5, 0.6) is 0 Å². The minimum atomic E-state index is -5.57. The Morgan fingerprint density at radius 3 is 1.08 bits per heavy atom. The fourth-order valence-electron chi connectivity index (χ4n) is 2.90. The zero-order chi connectivity index (χ0) is 17.0. The van der Waals surface area contributed by atoms with Gasteiger partial charge in [0.15, 0.2) is 0 Å². The van der Waals surface area contributed by atoms with Crippen molar-refractivity contribution < 1.29 is 34.1 Å². The number of hydrogen-bond donors (Lipinski definition) is 3. The van der Waals surface area contributed by atoms with Gasteiger partial charge in [0.05, 0.1) is 0 Å². The monoisotopic (exact) mass is 416 g/mol. The van der Waals surface area contributed by atoms with Crippen LogP contribution in [0.3, 0.4) is 0 Å². The van der Waals surface area contributed by atoms with Crippen molar-refractivity contribution in [1.82, 2.24) is 0 Å². The van der Waals surface area contributed by atoms with Gasteiger partial charge in [-0.2, -0.15) is 0 Å². The SMILES string of the molecule is [OH][Zr]([OH])([OH])[O][Si](c1ccccc1)(c1ccccc1)c1ccccc1. The molecule has 0 aromatic heterocycles. The number of benzene rings is 3. The number of hydrogen-bond acceptors (Lipinski definition) is 4. The molecule has 3 rings (SSSR count). The van der Waals surface area contributed by atoms with Gasteiger partial charge >= 0.3 is 149 Å². The zero-order valence-electron chi connectivity index (χ0n) is 12.9. The summed E-state index contributed by atoms with van der Waals surface area (Å²) >= 11 is -5.57. The Balaban J connectivity index is 2.33. The summed E-state index contributed by atoms with van der Waals surface area (Å²) in [5, 5.41) is 2.54. The second kappa shape index (κ2) is 7.23. The third-order valence-corrected chi connectivity index (χ3v) is 12.1. The Labute approximate surface area is 148 Å². The summed E-state index contributed by atoms with van der Waals surface area (Å²) < 4.78 is 35.4. The van der Waals surface area contributed by atoms with Crippen LogP contribution in [0.4, 0.5) is 0 Å². The van der Waals surface area contributed by atoms with E-state index in [1.807, 2.05) is 91.0 Å². The minimum absolute atomic E-state index is 0.848. The summed E-state index contributed by atoms with van der Waals surface area (Å²) in [6, 6.07) is 28.4. The molecule has 0 saturated carbocycles. The predicted molar refractivity (Wildman–Crippen MR) is 91.7 cm³/mol. The van der Waals surface area contributed by atoms with Gasteiger partial charge in [0, 0.05) is 0 Å². The van der Waals surface area contributed by atoms with Gasteiger partial charge < -0.3 is 0 Å². The molecule has 0 fully saturated rings. The first-order chi connectivity index (χ1) is 11.5. The predicted octanol–water partition coefficient (Wildman–Crippen LogP) is 0.461. The van der Waals surface area contributed by atoms with Crippen LogP contribution in [0.2, 0.25) is 0 Å². The third kappa shape index (κ3) is 3.64. The summed E-state index contributed by atoms with van der Waals surface area (Å²) in [5.41, 5.74) is 0. The summed E-state index contributed by atoms with van der Waals surface area (Å²) in [7, 11) is -3.22. The molecular weight excluding hydrogens is 400 g/mol. The van der Waals surface area contributed by atoms with Crippen molar-refractivity contribution in [2.45, 2.75) is 0 Å². The van der Waals surface area contributed by atoms with Gasteiger partial charge in [-0.25, -0.2) is 0 Å². The van der Waals surface area contributed by atoms with E-state index in [4.69, 9.17) is 2.50 Å². The molecule has 6 heteroatoms. The van der Waals surface area contributed by atoms with E-state index in [0.717, 1.165) is 15.6 Å². The summed E-state index contributed by atoms with van der Waals surface area (Å²) in [4.78, 5) is 0. The first-order valence-corrected chi connectivity index (χ1v) is 13.8. The fraction of sp³-hybridized carbons (Fsp3) is 0. The normalized spacial score (nSPS) is 12.1.